The van der Waals surface area contributed by atoms with Gasteiger partial charge in [0.15, 0.2) is 0 Å². The largest absolute Gasteiger partial charge is 0.468 e. The SMILES string of the molecule is C.CNC(C)(C)C(=O)OC. The lowest BCUT2D eigenvalue weighted by Gasteiger charge is -2.19. The second-order valence-electron chi connectivity index (χ2n) is 2.37. The number of rotatable bonds is 2. The van der Waals surface area contributed by atoms with Crippen molar-refractivity contribution in [3.05, 3.63) is 0 Å². The van der Waals surface area contributed by atoms with Gasteiger partial charge >= 0.3 is 5.97 Å². The number of carbonyl (C=O) groups excluding carboxylic acids is 1. The molecule has 0 fully saturated rings. The van der Waals surface area contributed by atoms with Gasteiger partial charge in [-0.15, -0.1) is 0 Å². The zero-order valence-electron chi connectivity index (χ0n) is 6.32. The average molecular weight is 147 g/mol. The van der Waals surface area contributed by atoms with E-state index in [1.165, 1.54) is 7.11 Å². The fourth-order valence-electron chi connectivity index (χ4n) is 0.357. The molecule has 3 nitrogen and oxygen atoms in total. The maximum absolute atomic E-state index is 10.8. The quantitative estimate of drug-likeness (QED) is 0.587. The van der Waals surface area contributed by atoms with Crippen molar-refractivity contribution in [2.24, 2.45) is 0 Å². The molecule has 0 heterocycles. The van der Waals surface area contributed by atoms with E-state index in [0.717, 1.165) is 0 Å². The summed E-state index contributed by atoms with van der Waals surface area (Å²) in [5, 5.41) is 2.82. The molecule has 3 heteroatoms. The maximum Gasteiger partial charge on any atom is 0.325 e. The Labute approximate surface area is 62.8 Å². The zero-order valence-corrected chi connectivity index (χ0v) is 6.32. The van der Waals surface area contributed by atoms with E-state index in [0.29, 0.717) is 0 Å². The highest BCUT2D eigenvalue weighted by Gasteiger charge is 2.25. The molecule has 0 rings (SSSR count). The summed E-state index contributed by atoms with van der Waals surface area (Å²) in [7, 11) is 3.10. The molecule has 0 spiro atoms. The van der Waals surface area contributed by atoms with Gasteiger partial charge < -0.3 is 10.1 Å². The minimum Gasteiger partial charge on any atom is -0.468 e. The Morgan fingerprint density at radius 3 is 2.00 bits per heavy atom. The van der Waals surface area contributed by atoms with Gasteiger partial charge in [-0.25, -0.2) is 0 Å². The second kappa shape index (κ2) is 4.28. The number of methoxy groups -OCH3 is 1. The Kier molecular flexibility index (Phi) is 5.19. The normalized spacial score (nSPS) is 10.0. The highest BCUT2D eigenvalue weighted by Crippen LogP contribution is 2.01. The van der Waals surface area contributed by atoms with Crippen LogP contribution >= 0.6 is 0 Å². The Morgan fingerprint density at radius 2 is 1.90 bits per heavy atom. The van der Waals surface area contributed by atoms with E-state index in [1.54, 1.807) is 20.9 Å². The molecule has 0 aliphatic carbocycles. The molecule has 0 unspecified atom stereocenters. The molecule has 0 aromatic carbocycles. The molecule has 0 amide bonds. The van der Waals surface area contributed by atoms with Crippen LogP contribution in [0.3, 0.4) is 0 Å². The fraction of sp³-hybridized carbons (Fsp3) is 0.857. The van der Waals surface area contributed by atoms with Gasteiger partial charge in [0.1, 0.15) is 5.54 Å². The van der Waals surface area contributed by atoms with Crippen LogP contribution in [-0.4, -0.2) is 25.7 Å². The van der Waals surface area contributed by atoms with Crippen LogP contribution in [0.15, 0.2) is 0 Å². The molecule has 62 valence electrons. The van der Waals surface area contributed by atoms with Gasteiger partial charge in [-0.3, -0.25) is 4.79 Å². The van der Waals surface area contributed by atoms with Gasteiger partial charge in [0.25, 0.3) is 0 Å². The van der Waals surface area contributed by atoms with Crippen molar-refractivity contribution < 1.29 is 9.53 Å². The summed E-state index contributed by atoms with van der Waals surface area (Å²) in [6.45, 7) is 3.53. The van der Waals surface area contributed by atoms with E-state index < -0.39 is 5.54 Å². The van der Waals surface area contributed by atoms with Gasteiger partial charge in [0.05, 0.1) is 7.11 Å². The van der Waals surface area contributed by atoms with E-state index >= 15 is 0 Å². The van der Waals surface area contributed by atoms with E-state index in [2.05, 4.69) is 10.1 Å². The van der Waals surface area contributed by atoms with Crippen LogP contribution in [0.25, 0.3) is 0 Å². The molecule has 0 atom stereocenters. The maximum atomic E-state index is 10.8. The second-order valence-corrected chi connectivity index (χ2v) is 2.37. The molecule has 0 aromatic heterocycles. The molecular weight excluding hydrogens is 130 g/mol. The summed E-state index contributed by atoms with van der Waals surface area (Å²) in [4.78, 5) is 10.8. The molecule has 0 bridgehead atoms. The number of likely N-dealkylation sites (N-methyl/N-ethyl adjacent to an activating group) is 1. The van der Waals surface area contributed by atoms with Crippen molar-refractivity contribution in [3.8, 4) is 0 Å². The van der Waals surface area contributed by atoms with Crippen molar-refractivity contribution >= 4 is 5.97 Å². The third kappa shape index (κ3) is 2.82. The Bertz CT molecular complexity index is 110. The molecular formula is C7H17NO2. The predicted octanol–water partition coefficient (Wildman–Crippen LogP) is 0.793. The van der Waals surface area contributed by atoms with Crippen molar-refractivity contribution in [2.45, 2.75) is 26.8 Å². The first-order valence-electron chi connectivity index (χ1n) is 2.82. The molecule has 0 aliphatic heterocycles. The first-order valence-corrected chi connectivity index (χ1v) is 2.82. The third-order valence-corrected chi connectivity index (χ3v) is 1.32. The van der Waals surface area contributed by atoms with Gasteiger partial charge in [0, 0.05) is 0 Å². The number of hydrogen-bond acceptors (Lipinski definition) is 3. The van der Waals surface area contributed by atoms with Crippen molar-refractivity contribution in [1.29, 1.82) is 0 Å². The number of ether oxygens (including phenoxy) is 1. The number of carbonyl (C=O) groups is 1. The standard InChI is InChI=1S/C6H13NO2.CH4/c1-6(2,7-3)5(8)9-4;/h7H,1-4H3;1H4. The molecule has 1 N–H and O–H groups in total. The lowest BCUT2D eigenvalue weighted by molar-refractivity contribution is -0.146. The third-order valence-electron chi connectivity index (χ3n) is 1.32. The minimum absolute atomic E-state index is 0. The lowest BCUT2D eigenvalue weighted by atomic mass is 10.1. The summed E-state index contributed by atoms with van der Waals surface area (Å²) in [6.07, 6.45) is 0. The van der Waals surface area contributed by atoms with E-state index in [-0.39, 0.29) is 13.4 Å². The predicted molar refractivity (Wildman–Crippen MR) is 41.9 cm³/mol. The van der Waals surface area contributed by atoms with Crippen LogP contribution in [0.5, 0.6) is 0 Å². The monoisotopic (exact) mass is 147 g/mol. The summed E-state index contributed by atoms with van der Waals surface area (Å²) < 4.78 is 4.50. The molecule has 0 radical (unpaired) electrons. The lowest BCUT2D eigenvalue weighted by Crippen LogP contribution is -2.45. The van der Waals surface area contributed by atoms with E-state index in [9.17, 15) is 4.79 Å². The summed E-state index contributed by atoms with van der Waals surface area (Å²) >= 11 is 0. The van der Waals surface area contributed by atoms with E-state index in [4.69, 9.17) is 0 Å². The van der Waals surface area contributed by atoms with Crippen LogP contribution < -0.4 is 5.32 Å². The van der Waals surface area contributed by atoms with Gasteiger partial charge in [-0.1, -0.05) is 7.43 Å². The zero-order chi connectivity index (χ0) is 7.49. The Hall–Kier alpha value is -0.570. The Balaban J connectivity index is 0. The summed E-state index contributed by atoms with van der Waals surface area (Å²) in [5.41, 5.74) is -0.561. The topological polar surface area (TPSA) is 38.3 Å². The van der Waals surface area contributed by atoms with Crippen LogP contribution in [0, 0.1) is 0 Å². The number of nitrogens with one attached hydrogen (secondary N) is 1. The minimum atomic E-state index is -0.561. The molecule has 0 aliphatic rings. The summed E-state index contributed by atoms with van der Waals surface area (Å²) in [5.74, 6) is -0.245. The van der Waals surface area contributed by atoms with Gasteiger partial charge in [-0.2, -0.15) is 0 Å². The Morgan fingerprint density at radius 1 is 1.50 bits per heavy atom. The van der Waals surface area contributed by atoms with E-state index in [1.807, 2.05) is 0 Å². The molecule has 10 heavy (non-hydrogen) atoms. The molecule has 0 saturated heterocycles. The highest BCUT2D eigenvalue weighted by molar-refractivity contribution is 5.79. The van der Waals surface area contributed by atoms with Crippen LogP contribution in [0.1, 0.15) is 21.3 Å². The van der Waals surface area contributed by atoms with Crippen LogP contribution in [0.2, 0.25) is 0 Å². The van der Waals surface area contributed by atoms with Crippen LogP contribution in [0.4, 0.5) is 0 Å². The molecule has 0 saturated carbocycles. The highest BCUT2D eigenvalue weighted by atomic mass is 16.5. The van der Waals surface area contributed by atoms with Crippen molar-refractivity contribution in [1.82, 2.24) is 5.32 Å². The average Bonchev–Trinajstić information content (AvgIpc) is 1.86. The van der Waals surface area contributed by atoms with Gasteiger partial charge in [0.2, 0.25) is 0 Å². The van der Waals surface area contributed by atoms with Crippen molar-refractivity contribution in [3.63, 3.8) is 0 Å². The van der Waals surface area contributed by atoms with Gasteiger partial charge in [-0.05, 0) is 20.9 Å². The fourth-order valence-corrected chi connectivity index (χ4v) is 0.357. The van der Waals surface area contributed by atoms with Crippen molar-refractivity contribution in [2.75, 3.05) is 14.2 Å². The first-order chi connectivity index (χ1) is 4.04. The smallest absolute Gasteiger partial charge is 0.325 e. The number of esters is 1. The summed E-state index contributed by atoms with van der Waals surface area (Å²) in [6, 6.07) is 0. The number of hydrogen-bond donors (Lipinski definition) is 1. The first kappa shape index (κ1) is 12.1. The van der Waals surface area contributed by atoms with Crippen LogP contribution in [-0.2, 0) is 9.53 Å². The molecule has 0 aromatic rings.